The molecule has 0 aliphatic rings. The fourth-order valence-electron chi connectivity index (χ4n) is 2.16. The Kier molecular flexibility index (Phi) is 5.11. The van der Waals surface area contributed by atoms with Crippen molar-refractivity contribution in [3.63, 3.8) is 0 Å². The summed E-state index contributed by atoms with van der Waals surface area (Å²) in [5.74, 6) is -0.211. The van der Waals surface area contributed by atoms with Crippen LogP contribution in [0.1, 0.15) is 23.6 Å². The number of nitrogens with one attached hydrogen (secondary N) is 1. The minimum absolute atomic E-state index is 0.169. The van der Waals surface area contributed by atoms with Gasteiger partial charge in [0.25, 0.3) is 0 Å². The van der Waals surface area contributed by atoms with Crippen molar-refractivity contribution in [1.82, 2.24) is 5.32 Å². The van der Waals surface area contributed by atoms with Gasteiger partial charge in [-0.25, -0.2) is 4.39 Å². The van der Waals surface area contributed by atoms with Crippen molar-refractivity contribution < 1.29 is 4.39 Å². The van der Waals surface area contributed by atoms with Crippen LogP contribution in [0.15, 0.2) is 53.0 Å². The molecule has 0 radical (unpaired) electrons. The van der Waals surface area contributed by atoms with Crippen LogP contribution >= 0.6 is 15.9 Å². The zero-order valence-corrected chi connectivity index (χ0v) is 12.5. The SMILES string of the molecule is CNC(CCc1ccccc1)c1ccc(Br)c(F)c1. The van der Waals surface area contributed by atoms with Gasteiger partial charge in [0.05, 0.1) is 4.47 Å². The summed E-state index contributed by atoms with van der Waals surface area (Å²) in [6, 6.07) is 15.8. The highest BCUT2D eigenvalue weighted by atomic mass is 79.9. The molecule has 1 unspecified atom stereocenters. The Morgan fingerprint density at radius 1 is 1.16 bits per heavy atom. The molecular weight excluding hydrogens is 305 g/mol. The Bertz CT molecular complexity index is 528. The lowest BCUT2D eigenvalue weighted by molar-refractivity contribution is 0.541. The zero-order valence-electron chi connectivity index (χ0n) is 10.9. The monoisotopic (exact) mass is 321 g/mol. The van der Waals surface area contributed by atoms with Crippen LogP contribution in [0, 0.1) is 5.82 Å². The molecule has 2 aromatic rings. The van der Waals surface area contributed by atoms with E-state index in [2.05, 4.69) is 33.4 Å². The van der Waals surface area contributed by atoms with E-state index >= 15 is 0 Å². The van der Waals surface area contributed by atoms with Crippen molar-refractivity contribution in [2.45, 2.75) is 18.9 Å². The van der Waals surface area contributed by atoms with Gasteiger partial charge in [0.15, 0.2) is 0 Å². The van der Waals surface area contributed by atoms with Crippen molar-refractivity contribution in [3.8, 4) is 0 Å². The molecule has 0 aromatic heterocycles. The first-order valence-electron chi connectivity index (χ1n) is 6.37. The third-order valence-electron chi connectivity index (χ3n) is 3.26. The fraction of sp³-hybridized carbons (Fsp3) is 0.250. The highest BCUT2D eigenvalue weighted by Crippen LogP contribution is 2.23. The average Bonchev–Trinajstić information content (AvgIpc) is 2.44. The number of hydrogen-bond acceptors (Lipinski definition) is 1. The summed E-state index contributed by atoms with van der Waals surface area (Å²) < 4.78 is 14.1. The molecule has 0 spiro atoms. The zero-order chi connectivity index (χ0) is 13.7. The van der Waals surface area contributed by atoms with Crippen LogP contribution in [-0.2, 0) is 6.42 Å². The summed E-state index contributed by atoms with van der Waals surface area (Å²) in [7, 11) is 1.91. The number of rotatable bonds is 5. The topological polar surface area (TPSA) is 12.0 Å². The molecule has 1 N–H and O–H groups in total. The predicted octanol–water partition coefficient (Wildman–Crippen LogP) is 4.48. The number of benzene rings is 2. The van der Waals surface area contributed by atoms with E-state index in [1.54, 1.807) is 12.1 Å². The lowest BCUT2D eigenvalue weighted by Crippen LogP contribution is -2.17. The number of halogens is 2. The summed E-state index contributed by atoms with van der Waals surface area (Å²) in [6.07, 6.45) is 1.92. The van der Waals surface area contributed by atoms with Gasteiger partial charge in [0.1, 0.15) is 5.82 Å². The molecule has 2 rings (SSSR count). The second kappa shape index (κ2) is 6.83. The van der Waals surface area contributed by atoms with Gasteiger partial charge in [-0.05, 0) is 59.1 Å². The van der Waals surface area contributed by atoms with Gasteiger partial charge in [-0.1, -0.05) is 36.4 Å². The smallest absolute Gasteiger partial charge is 0.137 e. The van der Waals surface area contributed by atoms with Gasteiger partial charge in [-0.2, -0.15) is 0 Å². The molecule has 0 bridgehead atoms. The van der Waals surface area contributed by atoms with E-state index in [0.717, 1.165) is 18.4 Å². The molecule has 3 heteroatoms. The predicted molar refractivity (Wildman–Crippen MR) is 80.7 cm³/mol. The maximum atomic E-state index is 13.6. The third-order valence-corrected chi connectivity index (χ3v) is 3.90. The minimum Gasteiger partial charge on any atom is -0.313 e. The summed E-state index contributed by atoms with van der Waals surface area (Å²) in [4.78, 5) is 0. The fourth-order valence-corrected chi connectivity index (χ4v) is 2.41. The first kappa shape index (κ1) is 14.2. The largest absolute Gasteiger partial charge is 0.313 e. The lowest BCUT2D eigenvalue weighted by Gasteiger charge is -2.17. The highest BCUT2D eigenvalue weighted by Gasteiger charge is 2.11. The van der Waals surface area contributed by atoms with Gasteiger partial charge in [-0.15, -0.1) is 0 Å². The Morgan fingerprint density at radius 2 is 1.89 bits per heavy atom. The van der Waals surface area contributed by atoms with Gasteiger partial charge >= 0.3 is 0 Å². The molecule has 1 atom stereocenters. The van der Waals surface area contributed by atoms with Crippen LogP contribution in [0.4, 0.5) is 4.39 Å². The second-order valence-electron chi connectivity index (χ2n) is 4.54. The van der Waals surface area contributed by atoms with Gasteiger partial charge < -0.3 is 5.32 Å². The van der Waals surface area contributed by atoms with Crippen LogP contribution in [0.25, 0.3) is 0 Å². The molecule has 0 fully saturated rings. The molecule has 2 aromatic carbocycles. The normalized spacial score (nSPS) is 12.4. The van der Waals surface area contributed by atoms with Crippen LogP contribution in [0.2, 0.25) is 0 Å². The first-order valence-corrected chi connectivity index (χ1v) is 7.16. The van der Waals surface area contributed by atoms with Gasteiger partial charge in [0.2, 0.25) is 0 Å². The standard InChI is InChI=1S/C16H17BrFN/c1-19-16(10-7-12-5-3-2-4-6-12)13-8-9-14(17)15(18)11-13/h2-6,8-9,11,16,19H,7,10H2,1H3. The summed E-state index contributed by atoms with van der Waals surface area (Å²) >= 11 is 3.18. The molecule has 0 saturated carbocycles. The molecule has 1 nitrogen and oxygen atoms in total. The van der Waals surface area contributed by atoms with Crippen molar-refractivity contribution in [2.75, 3.05) is 7.05 Å². The van der Waals surface area contributed by atoms with Crippen molar-refractivity contribution in [3.05, 3.63) is 69.9 Å². The maximum Gasteiger partial charge on any atom is 0.137 e. The van der Waals surface area contributed by atoms with Crippen LogP contribution in [0.5, 0.6) is 0 Å². The van der Waals surface area contributed by atoms with Crippen molar-refractivity contribution in [1.29, 1.82) is 0 Å². The molecule has 19 heavy (non-hydrogen) atoms. The maximum absolute atomic E-state index is 13.6. The van der Waals surface area contributed by atoms with Crippen LogP contribution in [0.3, 0.4) is 0 Å². The van der Waals surface area contributed by atoms with E-state index in [0.29, 0.717) is 4.47 Å². The van der Waals surface area contributed by atoms with Crippen molar-refractivity contribution in [2.24, 2.45) is 0 Å². The molecule has 0 aliphatic carbocycles. The van der Waals surface area contributed by atoms with Crippen LogP contribution < -0.4 is 5.32 Å². The van der Waals surface area contributed by atoms with E-state index in [9.17, 15) is 4.39 Å². The van der Waals surface area contributed by atoms with E-state index < -0.39 is 0 Å². The summed E-state index contributed by atoms with van der Waals surface area (Å²) in [5.41, 5.74) is 2.29. The molecule has 0 amide bonds. The van der Waals surface area contributed by atoms with E-state index in [1.807, 2.05) is 31.3 Å². The Labute approximate surface area is 122 Å². The lowest BCUT2D eigenvalue weighted by atomic mass is 9.99. The van der Waals surface area contributed by atoms with Crippen LogP contribution in [-0.4, -0.2) is 7.05 Å². The Hall–Kier alpha value is -1.19. The first-order chi connectivity index (χ1) is 9.20. The quantitative estimate of drug-likeness (QED) is 0.856. The van der Waals surface area contributed by atoms with E-state index in [4.69, 9.17) is 0 Å². The van der Waals surface area contributed by atoms with Gasteiger partial charge in [-0.3, -0.25) is 0 Å². The molecule has 0 saturated heterocycles. The summed E-state index contributed by atoms with van der Waals surface area (Å²) in [5, 5.41) is 3.25. The molecule has 0 heterocycles. The number of aryl methyl sites for hydroxylation is 1. The average molecular weight is 322 g/mol. The highest BCUT2D eigenvalue weighted by molar-refractivity contribution is 9.10. The molecular formula is C16H17BrFN. The molecule has 0 aliphatic heterocycles. The molecule has 100 valence electrons. The van der Waals surface area contributed by atoms with E-state index in [1.165, 1.54) is 5.56 Å². The second-order valence-corrected chi connectivity index (χ2v) is 5.39. The minimum atomic E-state index is -0.211. The van der Waals surface area contributed by atoms with E-state index in [-0.39, 0.29) is 11.9 Å². The Morgan fingerprint density at radius 3 is 2.53 bits per heavy atom. The van der Waals surface area contributed by atoms with Gasteiger partial charge in [0, 0.05) is 6.04 Å². The summed E-state index contributed by atoms with van der Waals surface area (Å²) in [6.45, 7) is 0. The third kappa shape index (κ3) is 3.88. The Balaban J connectivity index is 2.05. The van der Waals surface area contributed by atoms with Crippen molar-refractivity contribution >= 4 is 15.9 Å². The number of hydrogen-bond donors (Lipinski definition) is 1.